The van der Waals surface area contributed by atoms with E-state index < -0.39 is 7.82 Å². The van der Waals surface area contributed by atoms with Gasteiger partial charge in [0, 0.05) is 10.8 Å². The number of phosphoric acid groups is 1. The summed E-state index contributed by atoms with van der Waals surface area (Å²) in [6.07, 6.45) is 0. The maximum atomic E-state index is 14.2. The van der Waals surface area contributed by atoms with Crippen molar-refractivity contribution in [3.8, 4) is 17.2 Å². The molecule has 0 saturated heterocycles. The molecule has 0 bridgehead atoms. The van der Waals surface area contributed by atoms with E-state index in [-0.39, 0.29) is 0 Å². The third-order valence-corrected chi connectivity index (χ3v) is 6.96. The van der Waals surface area contributed by atoms with Crippen molar-refractivity contribution in [2.24, 2.45) is 0 Å². The highest BCUT2D eigenvalue weighted by molar-refractivity contribution is 7.49. The van der Waals surface area contributed by atoms with Crippen molar-refractivity contribution in [2.45, 2.75) is 19.8 Å². The van der Waals surface area contributed by atoms with Gasteiger partial charge in [-0.05, 0) is 46.5 Å². The van der Waals surface area contributed by atoms with E-state index in [0.29, 0.717) is 23.2 Å². The topological polar surface area (TPSA) is 44.8 Å². The molecule has 0 N–H and O–H groups in total. The van der Waals surface area contributed by atoms with Gasteiger partial charge in [-0.15, -0.1) is 0 Å². The molecule has 0 aliphatic rings. The summed E-state index contributed by atoms with van der Waals surface area (Å²) >= 11 is 0. The van der Waals surface area contributed by atoms with E-state index in [1.54, 1.807) is 24.3 Å². The van der Waals surface area contributed by atoms with E-state index in [2.05, 4.69) is 13.8 Å². The second-order valence-corrected chi connectivity index (χ2v) is 9.84. The first-order chi connectivity index (χ1) is 16.5. The third-order valence-electron chi connectivity index (χ3n) is 5.68. The summed E-state index contributed by atoms with van der Waals surface area (Å²) in [4.78, 5) is 0. The van der Waals surface area contributed by atoms with E-state index >= 15 is 0 Å². The molecule has 0 aromatic heterocycles. The van der Waals surface area contributed by atoms with Crippen LogP contribution >= 0.6 is 7.82 Å². The van der Waals surface area contributed by atoms with Crippen LogP contribution in [0.5, 0.6) is 17.2 Å². The first kappa shape index (κ1) is 22.1. The summed E-state index contributed by atoms with van der Waals surface area (Å²) in [7, 11) is -4.13. The Hall–Kier alpha value is -3.75. The van der Waals surface area contributed by atoms with Crippen molar-refractivity contribution in [2.75, 3.05) is 0 Å². The summed E-state index contributed by atoms with van der Waals surface area (Å²) in [5.74, 6) is 1.65. The normalized spacial score (nSPS) is 11.6. The number of hydrogen-bond donors (Lipinski definition) is 0. The van der Waals surface area contributed by atoms with Crippen molar-refractivity contribution in [3.63, 3.8) is 0 Å². The lowest BCUT2D eigenvalue weighted by Crippen LogP contribution is -2.08. The standard InChI is InChI=1S/C29H25O4P/c1-21(2)22-17-19-25(20-18-22)31-34(30,32-28-15-7-11-23-9-3-5-13-26(23)28)33-29-16-8-12-24-10-4-6-14-27(24)29/h3-21H,1-2H3. The molecule has 4 nitrogen and oxygen atoms in total. The van der Waals surface area contributed by atoms with Gasteiger partial charge in [0.05, 0.1) is 0 Å². The van der Waals surface area contributed by atoms with Gasteiger partial charge in [-0.1, -0.05) is 98.8 Å². The summed E-state index contributed by atoms with van der Waals surface area (Å²) in [5, 5.41) is 3.59. The molecule has 0 atom stereocenters. The molecule has 0 unspecified atom stereocenters. The third kappa shape index (κ3) is 4.64. The fourth-order valence-electron chi connectivity index (χ4n) is 3.89. The largest absolute Gasteiger partial charge is 0.647 e. The van der Waals surface area contributed by atoms with Gasteiger partial charge in [0.25, 0.3) is 0 Å². The molecule has 5 aromatic rings. The maximum Gasteiger partial charge on any atom is 0.647 e. The number of phosphoric ester groups is 1. The van der Waals surface area contributed by atoms with Gasteiger partial charge >= 0.3 is 7.82 Å². The number of rotatable bonds is 7. The molecule has 0 aliphatic heterocycles. The van der Waals surface area contributed by atoms with E-state index in [1.807, 2.05) is 84.9 Å². The minimum atomic E-state index is -4.13. The van der Waals surface area contributed by atoms with E-state index in [1.165, 1.54) is 0 Å². The van der Waals surface area contributed by atoms with Crippen LogP contribution in [0, 0.1) is 0 Å². The molecule has 0 aliphatic carbocycles. The second kappa shape index (κ2) is 9.24. The molecule has 34 heavy (non-hydrogen) atoms. The zero-order valence-corrected chi connectivity index (χ0v) is 19.9. The van der Waals surface area contributed by atoms with Gasteiger partial charge in [0.2, 0.25) is 0 Å². The van der Waals surface area contributed by atoms with Crippen LogP contribution in [0.4, 0.5) is 0 Å². The lowest BCUT2D eigenvalue weighted by Gasteiger charge is -2.21. The van der Waals surface area contributed by atoms with Crippen molar-refractivity contribution < 1.29 is 18.1 Å². The maximum absolute atomic E-state index is 14.2. The van der Waals surface area contributed by atoms with Gasteiger partial charge in [-0.3, -0.25) is 0 Å². The van der Waals surface area contributed by atoms with E-state index in [4.69, 9.17) is 13.6 Å². The fourth-order valence-corrected chi connectivity index (χ4v) is 5.18. The lowest BCUT2D eigenvalue weighted by atomic mass is 10.0. The first-order valence-corrected chi connectivity index (χ1v) is 12.7. The summed E-state index contributed by atoms with van der Waals surface area (Å²) in [5.41, 5.74) is 1.16. The molecule has 0 heterocycles. The van der Waals surface area contributed by atoms with Crippen molar-refractivity contribution in [3.05, 3.63) is 115 Å². The monoisotopic (exact) mass is 468 g/mol. The molecule has 0 saturated carbocycles. The molecule has 5 aromatic carbocycles. The molecular weight excluding hydrogens is 443 g/mol. The quantitative estimate of drug-likeness (QED) is 0.224. The average molecular weight is 468 g/mol. The molecule has 5 heteroatoms. The van der Waals surface area contributed by atoms with Crippen LogP contribution in [0.15, 0.2) is 109 Å². The molecule has 5 rings (SSSR count). The average Bonchev–Trinajstić information content (AvgIpc) is 2.85. The zero-order chi connectivity index (χ0) is 23.5. The Morgan fingerprint density at radius 2 is 1.03 bits per heavy atom. The predicted molar refractivity (Wildman–Crippen MR) is 138 cm³/mol. The molecule has 0 fully saturated rings. The van der Waals surface area contributed by atoms with Gasteiger partial charge in [-0.2, -0.15) is 4.57 Å². The van der Waals surface area contributed by atoms with Gasteiger partial charge < -0.3 is 13.6 Å². The molecule has 0 spiro atoms. The Balaban J connectivity index is 1.56. The highest BCUT2D eigenvalue weighted by Crippen LogP contribution is 2.52. The number of benzene rings is 5. The van der Waals surface area contributed by atoms with Gasteiger partial charge in [0.1, 0.15) is 17.2 Å². The van der Waals surface area contributed by atoms with E-state index in [0.717, 1.165) is 27.1 Å². The lowest BCUT2D eigenvalue weighted by molar-refractivity contribution is 0.300. The molecule has 0 radical (unpaired) electrons. The Morgan fingerprint density at radius 3 is 1.53 bits per heavy atom. The Bertz CT molecular complexity index is 1400. The summed E-state index contributed by atoms with van der Waals surface area (Å²) < 4.78 is 32.2. The molecule has 170 valence electrons. The van der Waals surface area contributed by atoms with Crippen LogP contribution in [0.3, 0.4) is 0 Å². The fraction of sp³-hybridized carbons (Fsp3) is 0.103. The van der Waals surface area contributed by atoms with Gasteiger partial charge in [0.15, 0.2) is 0 Å². The first-order valence-electron chi connectivity index (χ1n) is 11.3. The number of hydrogen-bond acceptors (Lipinski definition) is 4. The predicted octanol–water partition coefficient (Wildman–Crippen LogP) is 8.76. The smallest absolute Gasteiger partial charge is 0.386 e. The van der Waals surface area contributed by atoms with E-state index in [9.17, 15) is 4.57 Å². The SMILES string of the molecule is CC(C)c1ccc(OP(=O)(Oc2cccc3ccccc23)Oc2cccc3ccccc23)cc1. The van der Waals surface area contributed by atoms with Gasteiger partial charge in [-0.25, -0.2) is 0 Å². The van der Waals surface area contributed by atoms with Crippen LogP contribution in [0.2, 0.25) is 0 Å². The van der Waals surface area contributed by atoms with Crippen LogP contribution in [-0.4, -0.2) is 0 Å². The minimum absolute atomic E-state index is 0.375. The van der Waals surface area contributed by atoms with Crippen LogP contribution < -0.4 is 13.6 Å². The Kier molecular flexibility index (Phi) is 6.00. The highest BCUT2D eigenvalue weighted by Gasteiger charge is 2.34. The highest BCUT2D eigenvalue weighted by atomic mass is 31.2. The van der Waals surface area contributed by atoms with Crippen molar-refractivity contribution in [1.82, 2.24) is 0 Å². The zero-order valence-electron chi connectivity index (χ0n) is 19.0. The summed E-state index contributed by atoms with van der Waals surface area (Å²) in [6.45, 7) is 4.24. The van der Waals surface area contributed by atoms with Crippen molar-refractivity contribution in [1.29, 1.82) is 0 Å². The molecule has 0 amide bonds. The van der Waals surface area contributed by atoms with Crippen LogP contribution in [0.25, 0.3) is 21.5 Å². The second-order valence-electron chi connectivity index (χ2n) is 8.40. The molecular formula is C29H25O4P. The summed E-state index contributed by atoms with van der Waals surface area (Å²) in [6, 6.07) is 34.2. The minimum Gasteiger partial charge on any atom is -0.386 e. The van der Waals surface area contributed by atoms with Crippen LogP contribution in [0.1, 0.15) is 25.3 Å². The van der Waals surface area contributed by atoms with Crippen LogP contribution in [-0.2, 0) is 4.57 Å². The van der Waals surface area contributed by atoms with Crippen molar-refractivity contribution >= 4 is 29.4 Å². The Labute approximate surface area is 199 Å². The Morgan fingerprint density at radius 1 is 0.559 bits per heavy atom. The number of fused-ring (bicyclic) bond motifs is 2.